The lowest BCUT2D eigenvalue weighted by molar-refractivity contribution is 0.0550. The molecule has 3 nitrogen and oxygen atoms in total. The molecule has 0 radical (unpaired) electrons. The van der Waals surface area contributed by atoms with Crippen LogP contribution in [0.1, 0.15) is 41.6 Å². The molecule has 1 fully saturated rings. The molecule has 1 aromatic rings. The van der Waals surface area contributed by atoms with Gasteiger partial charge in [0.2, 0.25) is 0 Å². The van der Waals surface area contributed by atoms with Crippen LogP contribution in [0.15, 0.2) is 24.3 Å². The standard InChI is InChI=1S/C16H20N2OS/c1-17-15(19)13-6-2-3-7-14(13)16(17)8-4-10-18(12-20)11-5-9-16/h2-3,6-7,12H,4-5,8-11H2,1H3. The fraction of sp³-hybridized carbons (Fsp3) is 0.500. The lowest BCUT2D eigenvalue weighted by atomic mass is 9.80. The van der Waals surface area contributed by atoms with E-state index < -0.39 is 0 Å². The highest BCUT2D eigenvalue weighted by Gasteiger charge is 2.46. The Kier molecular flexibility index (Phi) is 3.50. The molecule has 1 aromatic carbocycles. The van der Waals surface area contributed by atoms with Gasteiger partial charge >= 0.3 is 0 Å². The molecule has 0 atom stereocenters. The second-order valence-corrected chi connectivity index (χ2v) is 6.00. The second-order valence-electron chi connectivity index (χ2n) is 5.79. The van der Waals surface area contributed by atoms with Crippen molar-refractivity contribution in [3.63, 3.8) is 0 Å². The van der Waals surface area contributed by atoms with Crippen LogP contribution in [0.3, 0.4) is 0 Å². The van der Waals surface area contributed by atoms with E-state index in [1.807, 2.05) is 24.1 Å². The van der Waals surface area contributed by atoms with Crippen molar-refractivity contribution in [1.29, 1.82) is 0 Å². The molecule has 2 aliphatic heterocycles. The number of likely N-dealkylation sites (tertiary alicyclic amines) is 1. The van der Waals surface area contributed by atoms with Gasteiger partial charge in [-0.3, -0.25) is 4.79 Å². The average Bonchev–Trinajstić information content (AvgIpc) is 2.66. The molecule has 0 N–H and O–H groups in total. The molecule has 1 spiro atoms. The lowest BCUT2D eigenvalue weighted by Crippen LogP contribution is -2.43. The summed E-state index contributed by atoms with van der Waals surface area (Å²) in [5.41, 5.74) is 3.79. The highest BCUT2D eigenvalue weighted by molar-refractivity contribution is 7.78. The fourth-order valence-electron chi connectivity index (χ4n) is 3.73. The summed E-state index contributed by atoms with van der Waals surface area (Å²) in [5, 5.41) is 0. The van der Waals surface area contributed by atoms with Gasteiger partial charge in [0.1, 0.15) is 0 Å². The first-order chi connectivity index (χ1) is 9.69. The van der Waals surface area contributed by atoms with Gasteiger partial charge in [-0.15, -0.1) is 0 Å². The summed E-state index contributed by atoms with van der Waals surface area (Å²) in [6.07, 6.45) is 4.18. The lowest BCUT2D eigenvalue weighted by Gasteiger charge is -2.40. The molecule has 0 unspecified atom stereocenters. The van der Waals surface area contributed by atoms with Crippen LogP contribution < -0.4 is 0 Å². The number of nitrogens with zero attached hydrogens (tertiary/aromatic N) is 2. The van der Waals surface area contributed by atoms with Gasteiger partial charge < -0.3 is 9.80 Å². The molecule has 1 amide bonds. The number of benzene rings is 1. The summed E-state index contributed by atoms with van der Waals surface area (Å²) in [6.45, 7) is 1.99. The van der Waals surface area contributed by atoms with E-state index in [9.17, 15) is 4.79 Å². The van der Waals surface area contributed by atoms with Gasteiger partial charge in [0, 0.05) is 25.7 Å². The summed E-state index contributed by atoms with van der Waals surface area (Å²) >= 11 is 5.04. The van der Waals surface area contributed by atoms with E-state index >= 15 is 0 Å². The van der Waals surface area contributed by atoms with Gasteiger partial charge in [-0.2, -0.15) is 0 Å². The topological polar surface area (TPSA) is 23.6 Å². The van der Waals surface area contributed by atoms with Crippen LogP contribution >= 0.6 is 12.2 Å². The van der Waals surface area contributed by atoms with E-state index in [0.717, 1.165) is 44.3 Å². The maximum Gasteiger partial charge on any atom is 0.254 e. The Morgan fingerprint density at radius 3 is 2.50 bits per heavy atom. The van der Waals surface area contributed by atoms with Crippen LogP contribution in [0.25, 0.3) is 0 Å². The van der Waals surface area contributed by atoms with Crippen molar-refractivity contribution in [3.8, 4) is 0 Å². The second kappa shape index (κ2) is 5.17. The van der Waals surface area contributed by atoms with E-state index in [0.29, 0.717) is 0 Å². The third-order valence-corrected chi connectivity index (χ3v) is 5.12. The number of thiocarbonyl (C=S) groups is 1. The smallest absolute Gasteiger partial charge is 0.254 e. The predicted molar refractivity (Wildman–Crippen MR) is 83.9 cm³/mol. The number of hydrogen-bond donors (Lipinski definition) is 0. The molecule has 0 aromatic heterocycles. The largest absolute Gasteiger partial charge is 0.369 e. The third-order valence-electron chi connectivity index (χ3n) is 4.83. The van der Waals surface area contributed by atoms with E-state index in [2.05, 4.69) is 17.0 Å². The molecule has 2 heterocycles. The van der Waals surface area contributed by atoms with E-state index in [4.69, 9.17) is 12.2 Å². The molecule has 106 valence electrons. The molecule has 0 bridgehead atoms. The SMILES string of the molecule is CN1C(=O)c2ccccc2C12CCCN(C=S)CCC2. The van der Waals surface area contributed by atoms with Crippen LogP contribution in [0.4, 0.5) is 0 Å². The summed E-state index contributed by atoms with van der Waals surface area (Å²) in [6, 6.07) is 8.11. The van der Waals surface area contributed by atoms with Crippen LogP contribution in [0.5, 0.6) is 0 Å². The number of carbonyl (C=O) groups is 1. The van der Waals surface area contributed by atoms with Crippen molar-refractivity contribution in [1.82, 2.24) is 9.80 Å². The van der Waals surface area contributed by atoms with Crippen molar-refractivity contribution < 1.29 is 4.79 Å². The Hall–Kier alpha value is -1.42. The highest BCUT2D eigenvalue weighted by atomic mass is 32.1. The molecule has 20 heavy (non-hydrogen) atoms. The molecule has 1 saturated heterocycles. The summed E-state index contributed by atoms with van der Waals surface area (Å²) < 4.78 is 0. The molecule has 4 heteroatoms. The zero-order chi connectivity index (χ0) is 14.2. The molecule has 0 saturated carbocycles. The monoisotopic (exact) mass is 288 g/mol. The molecular weight excluding hydrogens is 268 g/mol. The minimum atomic E-state index is -0.0960. The Morgan fingerprint density at radius 2 is 1.85 bits per heavy atom. The highest BCUT2D eigenvalue weighted by Crippen LogP contribution is 2.45. The number of amides is 1. The van der Waals surface area contributed by atoms with Crippen molar-refractivity contribution in [2.75, 3.05) is 20.1 Å². The van der Waals surface area contributed by atoms with E-state index in [1.54, 1.807) is 5.49 Å². The van der Waals surface area contributed by atoms with Crippen LogP contribution in [0, 0.1) is 0 Å². The molecule has 3 rings (SSSR count). The predicted octanol–water partition coefficient (Wildman–Crippen LogP) is 2.80. The first kappa shape index (κ1) is 13.6. The fourth-order valence-corrected chi connectivity index (χ4v) is 3.94. The Balaban J connectivity index is 1.95. The minimum absolute atomic E-state index is 0.0960. The summed E-state index contributed by atoms with van der Waals surface area (Å²) in [4.78, 5) is 16.7. The Morgan fingerprint density at radius 1 is 1.20 bits per heavy atom. The third kappa shape index (κ3) is 1.94. The van der Waals surface area contributed by atoms with Crippen molar-refractivity contribution in [2.45, 2.75) is 31.2 Å². The zero-order valence-corrected chi connectivity index (χ0v) is 12.7. The van der Waals surface area contributed by atoms with Gasteiger partial charge in [0.15, 0.2) is 0 Å². The molecule has 0 aliphatic carbocycles. The number of carbonyl (C=O) groups excluding carboxylic acids is 1. The van der Waals surface area contributed by atoms with Gasteiger partial charge in [-0.25, -0.2) is 0 Å². The number of rotatable bonds is 1. The Labute approximate surface area is 125 Å². The molecule has 2 aliphatic rings. The Bertz CT molecular complexity index is 533. The first-order valence-corrected chi connectivity index (χ1v) is 7.73. The van der Waals surface area contributed by atoms with Gasteiger partial charge in [-0.1, -0.05) is 30.4 Å². The summed E-state index contributed by atoms with van der Waals surface area (Å²) in [7, 11) is 1.96. The quantitative estimate of drug-likeness (QED) is 0.742. The van der Waals surface area contributed by atoms with Crippen molar-refractivity contribution in [3.05, 3.63) is 35.4 Å². The van der Waals surface area contributed by atoms with E-state index in [1.165, 1.54) is 5.56 Å². The molecular formula is C16H20N2OS. The van der Waals surface area contributed by atoms with Crippen LogP contribution in [0.2, 0.25) is 0 Å². The average molecular weight is 288 g/mol. The normalized spacial score (nSPS) is 21.6. The number of fused-ring (bicyclic) bond motifs is 2. The van der Waals surface area contributed by atoms with Gasteiger partial charge in [0.25, 0.3) is 5.91 Å². The van der Waals surface area contributed by atoms with E-state index in [-0.39, 0.29) is 11.4 Å². The maximum absolute atomic E-state index is 12.5. The zero-order valence-electron chi connectivity index (χ0n) is 11.8. The van der Waals surface area contributed by atoms with Gasteiger partial charge in [-0.05, 0) is 37.3 Å². The first-order valence-electron chi connectivity index (χ1n) is 7.26. The number of hydrogen-bond acceptors (Lipinski definition) is 2. The van der Waals surface area contributed by atoms with Crippen LogP contribution in [-0.4, -0.2) is 41.3 Å². The van der Waals surface area contributed by atoms with Crippen LogP contribution in [-0.2, 0) is 5.54 Å². The van der Waals surface area contributed by atoms with Crippen molar-refractivity contribution in [2.24, 2.45) is 0 Å². The van der Waals surface area contributed by atoms with Crippen molar-refractivity contribution >= 4 is 23.6 Å². The minimum Gasteiger partial charge on any atom is -0.369 e. The maximum atomic E-state index is 12.5. The summed E-state index contributed by atoms with van der Waals surface area (Å²) in [5.74, 6) is 0.174. The van der Waals surface area contributed by atoms with Gasteiger partial charge in [0.05, 0.1) is 11.0 Å².